The fraction of sp³-hybridized carbons (Fsp3) is 0.412. The summed E-state index contributed by atoms with van der Waals surface area (Å²) in [5, 5.41) is 9.57. The Hall–Kier alpha value is -2.98. The minimum Gasteiger partial charge on any atom is -0.361 e. The summed E-state index contributed by atoms with van der Waals surface area (Å²) in [5.74, 6) is -1.91. The summed E-state index contributed by atoms with van der Waals surface area (Å²) in [6.07, 6.45) is -1.09. The van der Waals surface area contributed by atoms with Crippen molar-refractivity contribution in [3.05, 3.63) is 35.9 Å². The Balaban J connectivity index is 2.21. The maximum Gasteiger partial charge on any atom is 0.275 e. The zero-order chi connectivity index (χ0) is 19.9. The highest BCUT2D eigenvalue weighted by molar-refractivity contribution is 5.98. The maximum atomic E-state index is 12.8. The first-order valence-electron chi connectivity index (χ1n) is 8.19. The van der Waals surface area contributed by atoms with Crippen LogP contribution in [0.1, 0.15) is 5.56 Å². The van der Waals surface area contributed by atoms with Crippen molar-refractivity contribution in [1.29, 1.82) is 0 Å². The Morgan fingerprint density at radius 2 is 2.00 bits per heavy atom. The van der Waals surface area contributed by atoms with Gasteiger partial charge in [-0.05, 0) is 5.56 Å². The zero-order valence-electron chi connectivity index (χ0n) is 15.0. The number of β-lactam (4-membered cyclic amide) rings is 1. The molecule has 1 aliphatic heterocycles. The van der Waals surface area contributed by atoms with Crippen LogP contribution < -0.4 is 21.3 Å². The predicted molar refractivity (Wildman–Crippen MR) is 93.0 cm³/mol. The van der Waals surface area contributed by atoms with Crippen LogP contribution in [0, 0.1) is 0 Å². The van der Waals surface area contributed by atoms with E-state index in [1.807, 2.05) is 6.07 Å². The van der Waals surface area contributed by atoms with Crippen LogP contribution >= 0.6 is 0 Å². The Bertz CT molecular complexity index is 694. The topological polar surface area (TPSA) is 135 Å². The molecule has 1 aromatic carbocycles. The van der Waals surface area contributed by atoms with Gasteiger partial charge in [-0.2, -0.15) is 0 Å². The quantitative estimate of drug-likeness (QED) is 0.212. The molecule has 0 bridgehead atoms. The van der Waals surface area contributed by atoms with E-state index in [1.54, 1.807) is 24.3 Å². The molecule has 0 aromatic heterocycles. The van der Waals surface area contributed by atoms with Crippen LogP contribution in [-0.4, -0.2) is 62.7 Å². The second kappa shape index (κ2) is 9.10. The van der Waals surface area contributed by atoms with Crippen molar-refractivity contribution < 1.29 is 28.7 Å². The summed E-state index contributed by atoms with van der Waals surface area (Å²) in [7, 11) is 2.64. The maximum absolute atomic E-state index is 12.8. The molecule has 1 fully saturated rings. The molecule has 3 atom stereocenters. The molecule has 10 nitrogen and oxygen atoms in total. The Morgan fingerprint density at radius 1 is 1.30 bits per heavy atom. The van der Waals surface area contributed by atoms with Crippen LogP contribution in [0.15, 0.2) is 30.3 Å². The molecular formula is C17H22N4O6. The number of hydrogen-bond acceptors (Lipinski definition) is 6. The molecule has 27 heavy (non-hydrogen) atoms. The Kier molecular flexibility index (Phi) is 6.85. The van der Waals surface area contributed by atoms with Gasteiger partial charge in [-0.25, -0.2) is 0 Å². The summed E-state index contributed by atoms with van der Waals surface area (Å²) in [6, 6.07) is 7.69. The van der Waals surface area contributed by atoms with Crippen molar-refractivity contribution in [3.8, 4) is 0 Å². The van der Waals surface area contributed by atoms with Crippen molar-refractivity contribution in [2.75, 3.05) is 20.7 Å². The average molecular weight is 378 g/mol. The summed E-state index contributed by atoms with van der Waals surface area (Å²) < 4.78 is 10.7. The fourth-order valence-corrected chi connectivity index (χ4v) is 2.52. The third kappa shape index (κ3) is 4.60. The molecule has 0 radical (unpaired) electrons. The van der Waals surface area contributed by atoms with Crippen LogP contribution in [0.5, 0.6) is 0 Å². The van der Waals surface area contributed by atoms with Gasteiger partial charge >= 0.3 is 0 Å². The van der Waals surface area contributed by atoms with E-state index in [1.165, 1.54) is 14.2 Å². The normalized spacial score (nSPS) is 20.4. The third-order valence-electron chi connectivity index (χ3n) is 4.15. The van der Waals surface area contributed by atoms with Gasteiger partial charge in [0.2, 0.25) is 18.0 Å². The van der Waals surface area contributed by atoms with Gasteiger partial charge in [0.25, 0.3) is 11.8 Å². The number of amides is 4. The van der Waals surface area contributed by atoms with Crippen molar-refractivity contribution in [1.82, 2.24) is 21.3 Å². The van der Waals surface area contributed by atoms with E-state index in [0.29, 0.717) is 6.41 Å². The summed E-state index contributed by atoms with van der Waals surface area (Å²) >= 11 is 0. The van der Waals surface area contributed by atoms with Crippen molar-refractivity contribution >= 4 is 24.1 Å². The van der Waals surface area contributed by atoms with E-state index in [0.717, 1.165) is 5.56 Å². The number of likely N-dealkylation sites (N-methyl/N-ethyl adjacent to an activating group) is 1. The van der Waals surface area contributed by atoms with Crippen molar-refractivity contribution in [2.24, 2.45) is 0 Å². The molecule has 2 rings (SSSR count). The Morgan fingerprint density at radius 3 is 2.48 bits per heavy atom. The van der Waals surface area contributed by atoms with Gasteiger partial charge in [0.1, 0.15) is 6.04 Å². The monoisotopic (exact) mass is 378 g/mol. The first kappa shape index (κ1) is 20.3. The largest absolute Gasteiger partial charge is 0.361 e. The standard InChI is InChI=1S/C17H22N4O6/c1-18-14(23)12(20-10-22)13(27-8-11-6-4-3-5-7-11)15(24)21-17(26-2)9-19-16(17)25/h3-7,10,12-13H,8-9H2,1-2H3,(H,18,23)(H,19,25)(H,20,22)(H,21,24). The molecule has 4 N–H and O–H groups in total. The molecular weight excluding hydrogens is 356 g/mol. The van der Waals surface area contributed by atoms with Crippen LogP contribution in [0.25, 0.3) is 0 Å². The number of carbonyl (C=O) groups is 4. The zero-order valence-corrected chi connectivity index (χ0v) is 15.0. The SMILES string of the molecule is CNC(=O)C(NC=O)C(OCc1ccccc1)C(=O)NC1(OC)CNC1=O. The fourth-order valence-electron chi connectivity index (χ4n) is 2.52. The number of ether oxygens (including phenoxy) is 2. The minimum atomic E-state index is -1.53. The Labute approximate surface area is 156 Å². The van der Waals surface area contributed by atoms with Crippen LogP contribution in [-0.2, 0) is 35.3 Å². The third-order valence-corrected chi connectivity index (χ3v) is 4.15. The lowest BCUT2D eigenvalue weighted by molar-refractivity contribution is -0.170. The molecule has 10 heteroatoms. The minimum absolute atomic E-state index is 0.0130. The number of carbonyl (C=O) groups excluding carboxylic acids is 4. The van der Waals surface area contributed by atoms with Gasteiger partial charge in [0.15, 0.2) is 6.10 Å². The number of methoxy groups -OCH3 is 1. The second-order valence-electron chi connectivity index (χ2n) is 5.80. The lowest BCUT2D eigenvalue weighted by atomic mass is 10.0. The second-order valence-corrected chi connectivity index (χ2v) is 5.80. The molecule has 4 amide bonds. The molecule has 0 spiro atoms. The molecule has 0 aliphatic carbocycles. The smallest absolute Gasteiger partial charge is 0.275 e. The van der Waals surface area contributed by atoms with Crippen molar-refractivity contribution in [2.45, 2.75) is 24.5 Å². The highest BCUT2D eigenvalue weighted by Gasteiger charge is 2.50. The molecule has 3 unspecified atom stereocenters. The first-order valence-corrected chi connectivity index (χ1v) is 8.19. The van der Waals surface area contributed by atoms with Gasteiger partial charge in [0, 0.05) is 14.2 Å². The lowest BCUT2D eigenvalue weighted by Gasteiger charge is -2.40. The van der Waals surface area contributed by atoms with E-state index >= 15 is 0 Å². The first-order chi connectivity index (χ1) is 13.0. The average Bonchev–Trinajstić information content (AvgIpc) is 2.70. The van der Waals surface area contributed by atoms with Gasteiger partial charge < -0.3 is 30.7 Å². The number of hydrogen-bond donors (Lipinski definition) is 4. The molecule has 1 aromatic rings. The van der Waals surface area contributed by atoms with E-state index in [2.05, 4.69) is 21.3 Å². The number of benzene rings is 1. The highest BCUT2D eigenvalue weighted by Crippen LogP contribution is 2.15. The van der Waals surface area contributed by atoms with Gasteiger partial charge in [-0.3, -0.25) is 19.2 Å². The lowest BCUT2D eigenvalue weighted by Crippen LogP contribution is -2.75. The van der Waals surface area contributed by atoms with Crippen LogP contribution in [0.2, 0.25) is 0 Å². The van der Waals surface area contributed by atoms with Gasteiger partial charge in [-0.15, -0.1) is 0 Å². The van der Waals surface area contributed by atoms with Crippen LogP contribution in [0.4, 0.5) is 0 Å². The van der Waals surface area contributed by atoms with Gasteiger partial charge in [0.05, 0.1) is 13.2 Å². The highest BCUT2D eigenvalue weighted by atomic mass is 16.5. The van der Waals surface area contributed by atoms with E-state index in [-0.39, 0.29) is 13.2 Å². The summed E-state index contributed by atoms with van der Waals surface area (Å²) in [4.78, 5) is 47.6. The van der Waals surface area contributed by atoms with E-state index in [4.69, 9.17) is 9.47 Å². The van der Waals surface area contributed by atoms with E-state index in [9.17, 15) is 19.2 Å². The van der Waals surface area contributed by atoms with Crippen molar-refractivity contribution in [3.63, 3.8) is 0 Å². The number of rotatable bonds is 10. The van der Waals surface area contributed by atoms with Crippen LogP contribution in [0.3, 0.4) is 0 Å². The predicted octanol–water partition coefficient (Wildman–Crippen LogP) is -1.98. The summed E-state index contributed by atoms with van der Waals surface area (Å²) in [5.41, 5.74) is -0.764. The molecule has 1 heterocycles. The van der Waals surface area contributed by atoms with E-state index < -0.39 is 35.6 Å². The molecule has 1 saturated heterocycles. The van der Waals surface area contributed by atoms with Gasteiger partial charge in [-0.1, -0.05) is 30.3 Å². The number of nitrogens with one attached hydrogen (secondary N) is 4. The molecule has 1 aliphatic rings. The summed E-state index contributed by atoms with van der Waals surface area (Å²) in [6.45, 7) is 0.0877. The molecule has 0 saturated carbocycles. The molecule has 146 valence electrons.